The van der Waals surface area contributed by atoms with Gasteiger partial charge in [0.25, 0.3) is 0 Å². The van der Waals surface area contributed by atoms with E-state index in [1.54, 1.807) is 6.07 Å². The van der Waals surface area contributed by atoms with Gasteiger partial charge in [-0.15, -0.1) is 0 Å². The molecule has 1 rings (SSSR count). The summed E-state index contributed by atoms with van der Waals surface area (Å²) in [7, 11) is 0. The minimum atomic E-state index is 0.798. The second-order valence-electron chi connectivity index (χ2n) is 1.24. The van der Waals surface area contributed by atoms with Gasteiger partial charge in [0, 0.05) is 4.47 Å². The molecule has 0 saturated carbocycles. The second-order valence-corrected chi connectivity index (χ2v) is 2.97. The molecule has 8 heavy (non-hydrogen) atoms. The maximum absolute atomic E-state index is 3.80. The Hall–Kier alpha value is 0.110. The lowest BCUT2D eigenvalue weighted by Crippen LogP contribution is -1.71. The van der Waals surface area contributed by atoms with Crippen molar-refractivity contribution in [2.45, 2.75) is 0 Å². The molecule has 0 aromatic carbocycles. The SMILES string of the molecule is Brc1c[c]nc(Br)c1. The number of halogens is 2. The van der Waals surface area contributed by atoms with Crippen molar-refractivity contribution in [1.82, 2.24) is 4.98 Å². The molecule has 0 atom stereocenters. The molecule has 0 saturated heterocycles. The highest BCUT2D eigenvalue weighted by molar-refractivity contribution is 9.11. The van der Waals surface area contributed by atoms with Crippen molar-refractivity contribution in [3.8, 4) is 0 Å². The molecule has 1 aromatic heterocycles. The topological polar surface area (TPSA) is 12.9 Å². The lowest BCUT2D eigenvalue weighted by Gasteiger charge is -1.85. The van der Waals surface area contributed by atoms with Crippen molar-refractivity contribution in [2.75, 3.05) is 0 Å². The van der Waals surface area contributed by atoms with Crippen LogP contribution < -0.4 is 0 Å². The van der Waals surface area contributed by atoms with Gasteiger partial charge in [-0.25, -0.2) is 4.98 Å². The number of hydrogen-bond acceptors (Lipinski definition) is 1. The first-order valence-corrected chi connectivity index (χ1v) is 3.57. The average molecular weight is 236 g/mol. The molecule has 0 aliphatic rings. The van der Waals surface area contributed by atoms with Crippen LogP contribution in [-0.4, -0.2) is 4.98 Å². The number of pyridine rings is 1. The first-order chi connectivity index (χ1) is 3.79. The molecule has 1 heterocycles. The molecule has 1 radical (unpaired) electrons. The van der Waals surface area contributed by atoms with Crippen molar-refractivity contribution in [3.05, 3.63) is 27.4 Å². The van der Waals surface area contributed by atoms with Crippen LogP contribution in [-0.2, 0) is 0 Å². The van der Waals surface area contributed by atoms with E-state index in [1.165, 1.54) is 0 Å². The van der Waals surface area contributed by atoms with Gasteiger partial charge in [-0.2, -0.15) is 0 Å². The Balaban J connectivity index is 3.08. The van der Waals surface area contributed by atoms with Crippen LogP contribution in [0.2, 0.25) is 0 Å². The van der Waals surface area contributed by atoms with Gasteiger partial charge in [0.05, 0.1) is 6.20 Å². The Bertz CT molecular complexity index is 170. The molecule has 1 nitrogen and oxygen atoms in total. The molecule has 0 unspecified atom stereocenters. The van der Waals surface area contributed by atoms with E-state index >= 15 is 0 Å². The zero-order valence-corrected chi connectivity index (χ0v) is 7.03. The van der Waals surface area contributed by atoms with Gasteiger partial charge in [0.15, 0.2) is 0 Å². The molecule has 0 spiro atoms. The Kier molecular flexibility index (Phi) is 2.02. The van der Waals surface area contributed by atoms with E-state index in [4.69, 9.17) is 0 Å². The molecular weight excluding hydrogens is 234 g/mol. The lowest BCUT2D eigenvalue weighted by molar-refractivity contribution is 1.25. The van der Waals surface area contributed by atoms with Gasteiger partial charge in [-0.1, -0.05) is 15.9 Å². The Morgan fingerprint density at radius 1 is 1.50 bits per heavy atom. The number of aromatic nitrogens is 1. The normalized spacial score (nSPS) is 9.25. The van der Waals surface area contributed by atoms with Gasteiger partial charge in [0.2, 0.25) is 0 Å². The first kappa shape index (κ1) is 6.23. The molecule has 0 bridgehead atoms. The fourth-order valence-corrected chi connectivity index (χ4v) is 1.32. The average Bonchev–Trinajstić information content (AvgIpc) is 1.64. The summed E-state index contributed by atoms with van der Waals surface area (Å²) in [5.41, 5.74) is 0. The van der Waals surface area contributed by atoms with Crippen LogP contribution >= 0.6 is 31.9 Å². The largest absolute Gasteiger partial charge is 0.239 e. The summed E-state index contributed by atoms with van der Waals surface area (Å²) < 4.78 is 1.78. The van der Waals surface area contributed by atoms with Gasteiger partial charge < -0.3 is 0 Å². The molecule has 41 valence electrons. The van der Waals surface area contributed by atoms with Gasteiger partial charge in [0.1, 0.15) is 4.60 Å². The van der Waals surface area contributed by atoms with E-state index < -0.39 is 0 Å². The van der Waals surface area contributed by atoms with Crippen LogP contribution in [0.3, 0.4) is 0 Å². The first-order valence-electron chi connectivity index (χ1n) is 1.98. The molecular formula is C5H2Br2N. The predicted molar refractivity (Wildman–Crippen MR) is 38.5 cm³/mol. The summed E-state index contributed by atoms with van der Waals surface area (Å²) >= 11 is 6.45. The predicted octanol–water partition coefficient (Wildman–Crippen LogP) is 2.41. The Morgan fingerprint density at radius 2 is 2.25 bits per heavy atom. The maximum atomic E-state index is 3.80. The van der Waals surface area contributed by atoms with Crippen molar-refractivity contribution >= 4 is 31.9 Å². The van der Waals surface area contributed by atoms with Crippen LogP contribution in [0.5, 0.6) is 0 Å². The number of nitrogens with zero attached hydrogens (tertiary/aromatic N) is 1. The zero-order valence-electron chi connectivity index (χ0n) is 3.86. The van der Waals surface area contributed by atoms with Gasteiger partial charge >= 0.3 is 0 Å². The van der Waals surface area contributed by atoms with Crippen LogP contribution in [0.1, 0.15) is 0 Å². The van der Waals surface area contributed by atoms with Crippen LogP contribution in [0.4, 0.5) is 0 Å². The Morgan fingerprint density at radius 3 is 2.62 bits per heavy atom. The Labute approximate surface area is 64.4 Å². The highest BCUT2D eigenvalue weighted by Gasteiger charge is 1.86. The number of hydrogen-bond donors (Lipinski definition) is 0. The summed E-state index contributed by atoms with van der Waals surface area (Å²) in [6, 6.07) is 3.61. The molecule has 1 aromatic rings. The quantitative estimate of drug-likeness (QED) is 0.630. The van der Waals surface area contributed by atoms with E-state index in [-0.39, 0.29) is 0 Å². The highest BCUT2D eigenvalue weighted by atomic mass is 79.9. The number of rotatable bonds is 0. The summed E-state index contributed by atoms with van der Waals surface area (Å²) in [5, 5.41) is 0. The minimum Gasteiger partial charge on any atom is -0.239 e. The van der Waals surface area contributed by atoms with E-state index in [2.05, 4.69) is 43.0 Å². The highest BCUT2D eigenvalue weighted by Crippen LogP contribution is 2.12. The van der Waals surface area contributed by atoms with Crippen molar-refractivity contribution in [3.63, 3.8) is 0 Å². The minimum absolute atomic E-state index is 0.798. The summed E-state index contributed by atoms with van der Waals surface area (Å²) in [4.78, 5) is 3.80. The summed E-state index contributed by atoms with van der Waals surface area (Å²) in [6.45, 7) is 0. The van der Waals surface area contributed by atoms with Gasteiger partial charge in [-0.3, -0.25) is 0 Å². The third-order valence-corrected chi connectivity index (χ3v) is 1.49. The fourth-order valence-electron chi connectivity index (χ4n) is 0.343. The molecule has 3 heteroatoms. The van der Waals surface area contributed by atoms with Crippen molar-refractivity contribution in [2.24, 2.45) is 0 Å². The molecule has 0 aliphatic carbocycles. The van der Waals surface area contributed by atoms with E-state index in [0.717, 1.165) is 9.08 Å². The monoisotopic (exact) mass is 234 g/mol. The fraction of sp³-hybridized carbons (Fsp3) is 0. The standard InChI is InChI=1S/C5H2Br2N/c6-4-1-2-8-5(7)3-4/h1,3H. The second kappa shape index (κ2) is 2.60. The van der Waals surface area contributed by atoms with Crippen molar-refractivity contribution < 1.29 is 0 Å². The van der Waals surface area contributed by atoms with E-state index in [1.807, 2.05) is 6.07 Å². The smallest absolute Gasteiger partial charge is 0.107 e. The summed E-state index contributed by atoms with van der Waals surface area (Å²) in [6.07, 6.45) is 2.69. The van der Waals surface area contributed by atoms with Gasteiger partial charge in [-0.05, 0) is 28.1 Å². The van der Waals surface area contributed by atoms with Crippen LogP contribution in [0, 0.1) is 6.20 Å². The molecule has 0 fully saturated rings. The third kappa shape index (κ3) is 1.56. The third-order valence-electron chi connectivity index (χ3n) is 0.631. The molecule has 0 amide bonds. The molecule has 0 N–H and O–H groups in total. The maximum Gasteiger partial charge on any atom is 0.107 e. The van der Waals surface area contributed by atoms with E-state index in [9.17, 15) is 0 Å². The van der Waals surface area contributed by atoms with E-state index in [0.29, 0.717) is 0 Å². The van der Waals surface area contributed by atoms with Crippen LogP contribution in [0.25, 0.3) is 0 Å². The summed E-state index contributed by atoms with van der Waals surface area (Å²) in [5.74, 6) is 0. The van der Waals surface area contributed by atoms with Crippen molar-refractivity contribution in [1.29, 1.82) is 0 Å². The van der Waals surface area contributed by atoms with Crippen LogP contribution in [0.15, 0.2) is 21.2 Å². The lowest BCUT2D eigenvalue weighted by atomic mass is 10.5. The molecule has 0 aliphatic heterocycles. The zero-order chi connectivity index (χ0) is 5.98.